The van der Waals surface area contributed by atoms with Crippen LogP contribution in [0.3, 0.4) is 0 Å². The Morgan fingerprint density at radius 2 is 2.36 bits per heavy atom. The first-order valence-electron chi connectivity index (χ1n) is 4.86. The molecule has 1 heterocycles. The van der Waals surface area contributed by atoms with Crippen LogP contribution >= 0.6 is 0 Å². The zero-order valence-corrected chi connectivity index (χ0v) is 8.22. The first-order valence-corrected chi connectivity index (χ1v) is 4.86. The maximum absolute atomic E-state index is 13.5. The Kier molecular flexibility index (Phi) is 2.42. The van der Waals surface area contributed by atoms with Gasteiger partial charge in [-0.25, -0.2) is 4.39 Å². The van der Waals surface area contributed by atoms with Gasteiger partial charge in [0, 0.05) is 18.5 Å². The van der Waals surface area contributed by atoms with Gasteiger partial charge in [0.15, 0.2) is 0 Å². The van der Waals surface area contributed by atoms with E-state index in [0.29, 0.717) is 24.3 Å². The van der Waals surface area contributed by atoms with Crippen molar-refractivity contribution in [2.45, 2.75) is 25.8 Å². The largest absolute Gasteiger partial charge is 0.493 e. The van der Waals surface area contributed by atoms with Crippen molar-refractivity contribution in [3.8, 4) is 5.75 Å². The van der Waals surface area contributed by atoms with Gasteiger partial charge < -0.3 is 10.5 Å². The zero-order valence-electron chi connectivity index (χ0n) is 8.22. The highest BCUT2D eigenvalue weighted by molar-refractivity contribution is 5.40. The summed E-state index contributed by atoms with van der Waals surface area (Å²) in [5.74, 6) is 0.485. The second-order valence-electron chi connectivity index (χ2n) is 3.83. The van der Waals surface area contributed by atoms with Gasteiger partial charge in [0.25, 0.3) is 0 Å². The summed E-state index contributed by atoms with van der Waals surface area (Å²) in [5, 5.41) is 0. The third kappa shape index (κ3) is 1.73. The Bertz CT molecular complexity index is 349. The molecular formula is C11H14FNO. The van der Waals surface area contributed by atoms with E-state index in [4.69, 9.17) is 10.5 Å². The van der Waals surface area contributed by atoms with Gasteiger partial charge in [-0.1, -0.05) is 0 Å². The van der Waals surface area contributed by atoms with Crippen LogP contribution in [0.25, 0.3) is 0 Å². The summed E-state index contributed by atoms with van der Waals surface area (Å²) in [6, 6.07) is 3.34. The summed E-state index contributed by atoms with van der Waals surface area (Å²) in [6.07, 6.45) is 1.46. The van der Waals surface area contributed by atoms with Crippen LogP contribution in [0, 0.1) is 5.82 Å². The van der Waals surface area contributed by atoms with E-state index < -0.39 is 0 Å². The van der Waals surface area contributed by atoms with Crippen molar-refractivity contribution in [3.05, 3.63) is 29.1 Å². The Morgan fingerprint density at radius 1 is 1.57 bits per heavy atom. The Labute approximate surface area is 82.9 Å². The lowest BCUT2D eigenvalue weighted by atomic mass is 10.0. The molecule has 76 valence electrons. The molecule has 0 amide bonds. The molecule has 0 aromatic heterocycles. The average molecular weight is 195 g/mol. The summed E-state index contributed by atoms with van der Waals surface area (Å²) in [4.78, 5) is 0. The molecule has 1 aliphatic rings. The SMILES string of the molecule is CC(N)Cc1cc2c(cc1F)OCC2. The third-order valence-corrected chi connectivity index (χ3v) is 2.40. The molecule has 1 aromatic carbocycles. The van der Waals surface area contributed by atoms with E-state index in [0.717, 1.165) is 12.0 Å². The van der Waals surface area contributed by atoms with Gasteiger partial charge >= 0.3 is 0 Å². The van der Waals surface area contributed by atoms with Crippen LogP contribution in [0.2, 0.25) is 0 Å². The second-order valence-corrected chi connectivity index (χ2v) is 3.83. The van der Waals surface area contributed by atoms with E-state index in [9.17, 15) is 4.39 Å². The fourth-order valence-corrected chi connectivity index (χ4v) is 1.75. The monoisotopic (exact) mass is 195 g/mol. The highest BCUT2D eigenvalue weighted by atomic mass is 19.1. The van der Waals surface area contributed by atoms with Gasteiger partial charge in [0.1, 0.15) is 11.6 Å². The Morgan fingerprint density at radius 3 is 3.07 bits per heavy atom. The molecule has 0 fully saturated rings. The highest BCUT2D eigenvalue weighted by Gasteiger charge is 2.16. The van der Waals surface area contributed by atoms with Gasteiger partial charge in [-0.3, -0.25) is 0 Å². The molecule has 2 rings (SSSR count). The number of benzene rings is 1. The van der Waals surface area contributed by atoms with E-state index in [1.165, 1.54) is 6.07 Å². The van der Waals surface area contributed by atoms with Gasteiger partial charge in [-0.2, -0.15) is 0 Å². The van der Waals surface area contributed by atoms with Crippen LogP contribution in [0.4, 0.5) is 4.39 Å². The summed E-state index contributed by atoms with van der Waals surface area (Å²) in [7, 11) is 0. The predicted octanol–water partition coefficient (Wildman–Crippen LogP) is 1.65. The van der Waals surface area contributed by atoms with Crippen molar-refractivity contribution >= 4 is 0 Å². The summed E-state index contributed by atoms with van der Waals surface area (Å²) in [6.45, 7) is 2.54. The minimum Gasteiger partial charge on any atom is -0.493 e. The van der Waals surface area contributed by atoms with Crippen molar-refractivity contribution < 1.29 is 9.13 Å². The molecule has 0 saturated carbocycles. The molecule has 1 unspecified atom stereocenters. The first-order chi connectivity index (χ1) is 6.66. The Hall–Kier alpha value is -1.09. The van der Waals surface area contributed by atoms with Gasteiger partial charge in [0.05, 0.1) is 6.61 Å². The van der Waals surface area contributed by atoms with Crippen LogP contribution in [-0.4, -0.2) is 12.6 Å². The maximum atomic E-state index is 13.5. The first kappa shape index (κ1) is 9.46. The lowest BCUT2D eigenvalue weighted by molar-refractivity contribution is 0.355. The molecule has 2 nitrogen and oxygen atoms in total. The third-order valence-electron chi connectivity index (χ3n) is 2.40. The molecule has 0 saturated heterocycles. The van der Waals surface area contributed by atoms with Crippen LogP contribution in [0.1, 0.15) is 18.1 Å². The smallest absolute Gasteiger partial charge is 0.130 e. The van der Waals surface area contributed by atoms with Gasteiger partial charge in [0.2, 0.25) is 0 Å². The normalized spacial score (nSPS) is 16.2. The molecule has 0 radical (unpaired) electrons. The van der Waals surface area contributed by atoms with Crippen LogP contribution in [-0.2, 0) is 12.8 Å². The van der Waals surface area contributed by atoms with Crippen molar-refractivity contribution in [1.29, 1.82) is 0 Å². The van der Waals surface area contributed by atoms with E-state index >= 15 is 0 Å². The van der Waals surface area contributed by atoms with Crippen LogP contribution in [0.15, 0.2) is 12.1 Å². The average Bonchev–Trinajstić information content (AvgIpc) is 2.51. The molecule has 0 aliphatic carbocycles. The molecular weight excluding hydrogens is 181 g/mol. The second kappa shape index (κ2) is 3.58. The molecule has 0 bridgehead atoms. The van der Waals surface area contributed by atoms with Crippen molar-refractivity contribution in [2.75, 3.05) is 6.61 Å². The fourth-order valence-electron chi connectivity index (χ4n) is 1.75. The van der Waals surface area contributed by atoms with Crippen LogP contribution in [0.5, 0.6) is 5.75 Å². The lowest BCUT2D eigenvalue weighted by Gasteiger charge is -2.08. The standard InChI is InChI=1S/C11H14FNO/c1-7(13)4-9-5-8-2-3-14-11(8)6-10(9)12/h5-7H,2-4,13H2,1H3. The zero-order chi connectivity index (χ0) is 10.1. The van der Waals surface area contributed by atoms with Gasteiger partial charge in [-0.15, -0.1) is 0 Å². The maximum Gasteiger partial charge on any atom is 0.130 e. The predicted molar refractivity (Wildman–Crippen MR) is 53.0 cm³/mol. The number of fused-ring (bicyclic) bond motifs is 1. The number of hydrogen-bond donors (Lipinski definition) is 1. The van der Waals surface area contributed by atoms with E-state index in [1.807, 2.05) is 13.0 Å². The van der Waals surface area contributed by atoms with Crippen molar-refractivity contribution in [2.24, 2.45) is 5.73 Å². The summed E-state index contributed by atoms with van der Waals surface area (Å²) < 4.78 is 18.7. The molecule has 1 aliphatic heterocycles. The topological polar surface area (TPSA) is 35.2 Å². The molecule has 1 aromatic rings. The van der Waals surface area contributed by atoms with Crippen molar-refractivity contribution in [3.63, 3.8) is 0 Å². The number of halogens is 1. The summed E-state index contributed by atoms with van der Waals surface area (Å²) in [5.41, 5.74) is 7.44. The number of rotatable bonds is 2. The fraction of sp³-hybridized carbons (Fsp3) is 0.455. The van der Waals surface area contributed by atoms with E-state index in [2.05, 4.69) is 0 Å². The Balaban J connectivity index is 2.32. The summed E-state index contributed by atoms with van der Waals surface area (Å²) >= 11 is 0. The van der Waals surface area contributed by atoms with E-state index in [-0.39, 0.29) is 11.9 Å². The molecule has 0 spiro atoms. The quantitative estimate of drug-likeness (QED) is 0.778. The van der Waals surface area contributed by atoms with E-state index in [1.54, 1.807) is 0 Å². The highest BCUT2D eigenvalue weighted by Crippen LogP contribution is 2.28. The van der Waals surface area contributed by atoms with Crippen molar-refractivity contribution in [1.82, 2.24) is 0 Å². The molecule has 1 atom stereocenters. The number of nitrogens with two attached hydrogens (primary N) is 1. The lowest BCUT2D eigenvalue weighted by Crippen LogP contribution is -2.18. The molecule has 2 N–H and O–H groups in total. The number of hydrogen-bond acceptors (Lipinski definition) is 2. The molecule has 14 heavy (non-hydrogen) atoms. The minimum absolute atomic E-state index is 0.00938. The molecule has 3 heteroatoms. The number of ether oxygens (including phenoxy) is 1. The van der Waals surface area contributed by atoms with Crippen LogP contribution < -0.4 is 10.5 Å². The minimum atomic E-state index is -0.206. The van der Waals surface area contributed by atoms with Gasteiger partial charge in [-0.05, 0) is 30.5 Å².